The minimum Gasteiger partial charge on any atom is -0.368 e. The summed E-state index contributed by atoms with van der Waals surface area (Å²) in [5.74, 6) is 7.75. The number of hydrogen-bond donors (Lipinski definition) is 4. The van der Waals surface area contributed by atoms with Gasteiger partial charge in [0.25, 0.3) is 0 Å². The van der Waals surface area contributed by atoms with Crippen LogP contribution in [0.5, 0.6) is 0 Å². The number of nitrogen functional groups attached to an aromatic ring is 1. The van der Waals surface area contributed by atoms with Crippen molar-refractivity contribution in [3.63, 3.8) is 0 Å². The van der Waals surface area contributed by atoms with Crippen LogP contribution in [0.15, 0.2) is 0 Å². The Morgan fingerprint density at radius 1 is 1.33 bits per heavy atom. The van der Waals surface area contributed by atoms with Crippen LogP contribution in [0.2, 0.25) is 0 Å². The Morgan fingerprint density at radius 2 is 2.00 bits per heavy atom. The molecule has 1 aliphatic rings. The van der Waals surface area contributed by atoms with E-state index in [1.165, 1.54) is 0 Å². The number of hydrogen-bond acceptors (Lipinski definition) is 6. The van der Waals surface area contributed by atoms with Crippen molar-refractivity contribution in [2.24, 2.45) is 5.84 Å². The van der Waals surface area contributed by atoms with Gasteiger partial charge in [-0.25, -0.2) is 15.8 Å². The maximum atomic E-state index is 11.2. The van der Waals surface area contributed by atoms with Crippen molar-refractivity contribution in [3.8, 4) is 0 Å². The van der Waals surface area contributed by atoms with Crippen LogP contribution in [0.4, 0.5) is 11.6 Å². The van der Waals surface area contributed by atoms with Crippen LogP contribution in [0.25, 0.3) is 0 Å². The van der Waals surface area contributed by atoms with Crippen molar-refractivity contribution in [2.45, 2.75) is 52.0 Å². The van der Waals surface area contributed by atoms with Gasteiger partial charge in [-0.05, 0) is 13.3 Å². The van der Waals surface area contributed by atoms with Crippen LogP contribution in [-0.2, 0) is 10.2 Å². The fourth-order valence-electron chi connectivity index (χ4n) is 2.22. The number of carbonyl (C=O) groups is 1. The summed E-state index contributed by atoms with van der Waals surface area (Å²) in [6, 6.07) is 0.152. The van der Waals surface area contributed by atoms with Crippen LogP contribution < -0.4 is 21.9 Å². The number of rotatable bonds is 4. The smallest absolute Gasteiger partial charge is 0.220 e. The molecule has 0 aliphatic carbocycles. The molecule has 2 rings (SSSR count). The van der Waals surface area contributed by atoms with Crippen LogP contribution in [0, 0.1) is 6.92 Å². The Morgan fingerprint density at radius 3 is 2.52 bits per heavy atom. The van der Waals surface area contributed by atoms with Gasteiger partial charge < -0.3 is 16.1 Å². The summed E-state index contributed by atoms with van der Waals surface area (Å²) >= 11 is 0. The molecular formula is C14H24N6O. The molecule has 0 radical (unpaired) electrons. The number of aromatic nitrogens is 2. The van der Waals surface area contributed by atoms with E-state index in [4.69, 9.17) is 5.84 Å². The summed E-state index contributed by atoms with van der Waals surface area (Å²) in [7, 11) is 0. The molecule has 7 nitrogen and oxygen atoms in total. The molecule has 1 atom stereocenters. The molecule has 5 N–H and O–H groups in total. The Hall–Kier alpha value is -1.89. The monoisotopic (exact) mass is 292 g/mol. The average molecular weight is 292 g/mol. The molecule has 1 aromatic heterocycles. The molecule has 0 saturated carbocycles. The zero-order chi connectivity index (χ0) is 15.6. The number of nitrogens with one attached hydrogen (secondary N) is 3. The molecule has 2 heterocycles. The molecule has 0 bridgehead atoms. The van der Waals surface area contributed by atoms with Gasteiger partial charge in [0.05, 0.1) is 0 Å². The topological polar surface area (TPSA) is 105 Å². The van der Waals surface area contributed by atoms with Crippen molar-refractivity contribution >= 4 is 17.5 Å². The lowest BCUT2D eigenvalue weighted by molar-refractivity contribution is -0.119. The van der Waals surface area contributed by atoms with Crippen LogP contribution in [-0.4, -0.2) is 28.5 Å². The van der Waals surface area contributed by atoms with Gasteiger partial charge in [-0.2, -0.15) is 0 Å². The van der Waals surface area contributed by atoms with Crippen molar-refractivity contribution < 1.29 is 4.79 Å². The van der Waals surface area contributed by atoms with Crippen molar-refractivity contribution in [1.82, 2.24) is 15.3 Å². The first-order valence-electron chi connectivity index (χ1n) is 7.20. The number of carbonyl (C=O) groups excluding carboxylic acids is 1. The fourth-order valence-corrected chi connectivity index (χ4v) is 2.22. The molecular weight excluding hydrogens is 268 g/mol. The van der Waals surface area contributed by atoms with Gasteiger partial charge in [0, 0.05) is 30.0 Å². The van der Waals surface area contributed by atoms with E-state index in [9.17, 15) is 4.79 Å². The first-order chi connectivity index (χ1) is 9.81. The lowest BCUT2D eigenvalue weighted by Crippen LogP contribution is -2.32. The lowest BCUT2D eigenvalue weighted by atomic mass is 9.95. The van der Waals surface area contributed by atoms with Crippen molar-refractivity contribution in [3.05, 3.63) is 11.4 Å². The molecule has 1 aliphatic heterocycles. The van der Waals surface area contributed by atoms with Gasteiger partial charge in [-0.3, -0.25) is 4.79 Å². The van der Waals surface area contributed by atoms with Gasteiger partial charge >= 0.3 is 0 Å². The van der Waals surface area contributed by atoms with E-state index in [0.717, 1.165) is 23.6 Å². The van der Waals surface area contributed by atoms with E-state index in [2.05, 4.69) is 46.8 Å². The number of amides is 1. The average Bonchev–Trinajstić information content (AvgIpc) is 2.82. The zero-order valence-corrected chi connectivity index (χ0v) is 13.1. The highest BCUT2D eigenvalue weighted by Crippen LogP contribution is 2.26. The number of anilines is 2. The standard InChI is InChI=1S/C14H24N6O/c1-8-11(16-7-9-5-6-10(21)17-9)18-13(14(2,3)4)19-12(8)20-15/h9H,5-7,15H2,1-4H3,(H,17,21)(H2,16,18,19,20). The van der Waals surface area contributed by atoms with E-state index in [1.54, 1.807) is 0 Å². The van der Waals surface area contributed by atoms with Gasteiger partial charge in [-0.1, -0.05) is 20.8 Å². The highest BCUT2D eigenvalue weighted by Gasteiger charge is 2.23. The quantitative estimate of drug-likeness (QED) is 0.488. The summed E-state index contributed by atoms with van der Waals surface area (Å²) in [5, 5.41) is 6.23. The summed E-state index contributed by atoms with van der Waals surface area (Å²) in [4.78, 5) is 20.3. The van der Waals surface area contributed by atoms with Gasteiger partial charge in [0.1, 0.15) is 17.5 Å². The minimum absolute atomic E-state index is 0.112. The highest BCUT2D eigenvalue weighted by atomic mass is 16.1. The van der Waals surface area contributed by atoms with Crippen molar-refractivity contribution in [1.29, 1.82) is 0 Å². The van der Waals surface area contributed by atoms with Gasteiger partial charge in [-0.15, -0.1) is 0 Å². The Kier molecular flexibility index (Phi) is 4.32. The minimum atomic E-state index is -0.169. The van der Waals surface area contributed by atoms with Gasteiger partial charge in [0.2, 0.25) is 5.91 Å². The summed E-state index contributed by atoms with van der Waals surface area (Å²) < 4.78 is 0. The first kappa shape index (κ1) is 15.5. The van der Waals surface area contributed by atoms with E-state index >= 15 is 0 Å². The second-order valence-electron chi connectivity index (χ2n) is 6.45. The fraction of sp³-hybridized carbons (Fsp3) is 0.643. The normalized spacial score (nSPS) is 18.5. The van der Waals surface area contributed by atoms with E-state index < -0.39 is 0 Å². The predicted octanol–water partition coefficient (Wildman–Crippen LogP) is 1.06. The molecule has 1 saturated heterocycles. The number of nitrogens with two attached hydrogens (primary N) is 1. The molecule has 1 fully saturated rings. The maximum Gasteiger partial charge on any atom is 0.220 e. The zero-order valence-electron chi connectivity index (χ0n) is 13.1. The molecule has 21 heavy (non-hydrogen) atoms. The third-order valence-electron chi connectivity index (χ3n) is 3.55. The van der Waals surface area contributed by atoms with Crippen LogP contribution >= 0.6 is 0 Å². The van der Waals surface area contributed by atoms with E-state index in [0.29, 0.717) is 18.8 Å². The third kappa shape index (κ3) is 3.60. The molecule has 1 amide bonds. The largest absolute Gasteiger partial charge is 0.368 e. The van der Waals surface area contributed by atoms with Crippen LogP contribution in [0.1, 0.15) is 45.0 Å². The first-order valence-corrected chi connectivity index (χ1v) is 7.20. The lowest BCUT2D eigenvalue weighted by Gasteiger charge is -2.21. The second-order valence-corrected chi connectivity index (χ2v) is 6.45. The predicted molar refractivity (Wildman–Crippen MR) is 82.9 cm³/mol. The van der Waals surface area contributed by atoms with Crippen LogP contribution in [0.3, 0.4) is 0 Å². The maximum absolute atomic E-state index is 11.2. The third-order valence-corrected chi connectivity index (χ3v) is 3.55. The summed E-state index contributed by atoms with van der Waals surface area (Å²) in [6.07, 6.45) is 1.45. The molecule has 1 aromatic rings. The Balaban J connectivity index is 2.19. The molecule has 1 unspecified atom stereocenters. The SMILES string of the molecule is Cc1c(NN)nc(C(C)(C)C)nc1NCC1CCC(=O)N1. The highest BCUT2D eigenvalue weighted by molar-refractivity contribution is 5.78. The van der Waals surface area contributed by atoms with Gasteiger partial charge in [0.15, 0.2) is 0 Å². The Bertz CT molecular complexity index is 537. The Labute approximate surface area is 125 Å². The number of nitrogens with zero attached hydrogens (tertiary/aromatic N) is 2. The summed E-state index contributed by atoms with van der Waals surface area (Å²) in [6.45, 7) is 8.73. The van der Waals surface area contributed by atoms with E-state index in [-0.39, 0.29) is 17.4 Å². The van der Waals surface area contributed by atoms with E-state index in [1.807, 2.05) is 6.92 Å². The molecule has 116 valence electrons. The number of hydrazine groups is 1. The van der Waals surface area contributed by atoms with Crippen molar-refractivity contribution in [2.75, 3.05) is 17.3 Å². The molecule has 7 heteroatoms. The molecule has 0 spiro atoms. The summed E-state index contributed by atoms with van der Waals surface area (Å²) in [5.41, 5.74) is 3.32. The molecule has 0 aromatic carbocycles. The second kappa shape index (κ2) is 5.85.